The zero-order chi connectivity index (χ0) is 14.4. The van der Waals surface area contributed by atoms with Crippen LogP contribution < -0.4 is 5.32 Å². The van der Waals surface area contributed by atoms with Gasteiger partial charge in [-0.2, -0.15) is 0 Å². The third kappa shape index (κ3) is 5.92. The van der Waals surface area contributed by atoms with Gasteiger partial charge in [-0.05, 0) is 32.6 Å². The molecule has 2 atom stereocenters. The maximum Gasteiger partial charge on any atom is 0.317 e. The molecule has 0 aliphatic carbocycles. The lowest BCUT2D eigenvalue weighted by molar-refractivity contribution is -0.137. The van der Waals surface area contributed by atoms with Gasteiger partial charge in [-0.15, -0.1) is 0 Å². The number of ether oxygens (including phenoxy) is 1. The summed E-state index contributed by atoms with van der Waals surface area (Å²) < 4.78 is 5.65. The van der Waals surface area contributed by atoms with Crippen LogP contribution in [0.2, 0.25) is 0 Å². The zero-order valence-corrected chi connectivity index (χ0v) is 11.9. The molecule has 2 N–H and O–H groups in total. The minimum atomic E-state index is -0.897. The number of hydrogen-bond acceptors (Lipinski definition) is 3. The van der Waals surface area contributed by atoms with E-state index in [0.29, 0.717) is 12.5 Å². The Bertz CT molecular complexity index is 312. The quantitative estimate of drug-likeness (QED) is 0.791. The molecular formula is C13H24N2O4. The summed E-state index contributed by atoms with van der Waals surface area (Å²) in [5.74, 6) is -0.470. The fraction of sp³-hybridized carbons (Fsp3) is 0.846. The molecule has 1 rings (SSSR count). The van der Waals surface area contributed by atoms with Crippen LogP contribution in [0.15, 0.2) is 0 Å². The van der Waals surface area contributed by atoms with Crippen molar-refractivity contribution in [1.82, 2.24) is 10.2 Å². The first-order valence-corrected chi connectivity index (χ1v) is 6.74. The van der Waals surface area contributed by atoms with Crippen molar-refractivity contribution in [2.75, 3.05) is 20.1 Å². The molecule has 1 aliphatic rings. The highest BCUT2D eigenvalue weighted by molar-refractivity contribution is 5.74. The van der Waals surface area contributed by atoms with Crippen molar-refractivity contribution < 1.29 is 19.4 Å². The molecule has 2 unspecified atom stereocenters. The molecule has 0 aromatic heterocycles. The minimum Gasteiger partial charge on any atom is -0.481 e. The summed E-state index contributed by atoms with van der Waals surface area (Å²) in [4.78, 5) is 23.6. The number of carbonyl (C=O) groups is 2. The van der Waals surface area contributed by atoms with E-state index >= 15 is 0 Å². The zero-order valence-electron chi connectivity index (χ0n) is 11.9. The molecule has 1 saturated heterocycles. The number of nitrogens with one attached hydrogen (secondary N) is 1. The van der Waals surface area contributed by atoms with E-state index < -0.39 is 5.97 Å². The van der Waals surface area contributed by atoms with Gasteiger partial charge in [-0.25, -0.2) is 4.79 Å². The van der Waals surface area contributed by atoms with Gasteiger partial charge in [0.15, 0.2) is 0 Å². The molecule has 0 aromatic rings. The molecule has 0 aromatic carbocycles. The molecule has 0 saturated carbocycles. The highest BCUT2D eigenvalue weighted by Crippen LogP contribution is 2.23. The third-order valence-electron chi connectivity index (χ3n) is 3.34. The van der Waals surface area contributed by atoms with Crippen LogP contribution in [0.4, 0.5) is 4.79 Å². The molecule has 0 radical (unpaired) electrons. The predicted octanol–water partition coefficient (Wildman–Crippen LogP) is 1.31. The number of hydrogen-bond donors (Lipinski definition) is 2. The van der Waals surface area contributed by atoms with E-state index in [1.54, 1.807) is 7.05 Å². The van der Waals surface area contributed by atoms with Crippen molar-refractivity contribution in [3.63, 3.8) is 0 Å². The third-order valence-corrected chi connectivity index (χ3v) is 3.34. The maximum atomic E-state index is 11.8. The molecule has 2 amide bonds. The predicted molar refractivity (Wildman–Crippen MR) is 71.0 cm³/mol. The van der Waals surface area contributed by atoms with Gasteiger partial charge in [-0.1, -0.05) is 0 Å². The Hall–Kier alpha value is -1.30. The molecule has 1 fully saturated rings. The molecule has 0 spiro atoms. The van der Waals surface area contributed by atoms with Crippen molar-refractivity contribution in [2.24, 2.45) is 5.92 Å². The lowest BCUT2D eigenvalue weighted by atomic mass is 9.92. The number of nitrogens with zero attached hydrogens (tertiary/aromatic N) is 1. The molecule has 6 nitrogen and oxygen atoms in total. The van der Waals surface area contributed by atoms with Crippen LogP contribution in [0.3, 0.4) is 0 Å². The van der Waals surface area contributed by atoms with Crippen LogP contribution in [-0.4, -0.2) is 54.4 Å². The van der Waals surface area contributed by atoms with Crippen molar-refractivity contribution >= 4 is 12.0 Å². The number of rotatable bonds is 5. The molecule has 6 heteroatoms. The molecule has 0 bridgehead atoms. The number of carbonyl (C=O) groups excluding carboxylic acids is 1. The van der Waals surface area contributed by atoms with Crippen LogP contribution in [0, 0.1) is 5.92 Å². The lowest BCUT2D eigenvalue weighted by Gasteiger charge is -2.32. The summed E-state index contributed by atoms with van der Waals surface area (Å²) >= 11 is 0. The summed E-state index contributed by atoms with van der Waals surface area (Å²) in [6, 6.07) is -0.215. The standard InChI is InChI=1S/C13H24N2O4/c1-9-6-11(7-10(2)19-9)8-14-13(18)15(3)5-4-12(16)17/h9-11H,4-8H2,1-3H3,(H,14,18)(H,16,17). The second-order valence-corrected chi connectivity index (χ2v) is 5.35. The Morgan fingerprint density at radius 2 is 1.89 bits per heavy atom. The first kappa shape index (κ1) is 15.8. The van der Waals surface area contributed by atoms with E-state index in [1.165, 1.54) is 4.90 Å². The molecule has 1 heterocycles. The highest BCUT2D eigenvalue weighted by Gasteiger charge is 2.24. The van der Waals surface area contributed by atoms with Gasteiger partial charge < -0.3 is 20.1 Å². The fourth-order valence-corrected chi connectivity index (χ4v) is 2.44. The summed E-state index contributed by atoms with van der Waals surface area (Å²) in [5, 5.41) is 11.4. The van der Waals surface area contributed by atoms with Crippen molar-refractivity contribution in [1.29, 1.82) is 0 Å². The Morgan fingerprint density at radius 3 is 2.42 bits per heavy atom. The summed E-state index contributed by atoms with van der Waals surface area (Å²) in [5.41, 5.74) is 0. The second-order valence-electron chi connectivity index (χ2n) is 5.35. The molecule has 19 heavy (non-hydrogen) atoms. The van der Waals surface area contributed by atoms with Gasteiger partial charge in [0, 0.05) is 20.1 Å². The normalized spacial score (nSPS) is 26.8. The van der Waals surface area contributed by atoms with E-state index in [0.717, 1.165) is 12.8 Å². The fourth-order valence-electron chi connectivity index (χ4n) is 2.44. The first-order valence-electron chi connectivity index (χ1n) is 6.74. The monoisotopic (exact) mass is 272 g/mol. The number of carboxylic acids is 1. The number of aliphatic carboxylic acids is 1. The van der Waals surface area contributed by atoms with Crippen molar-refractivity contribution in [3.8, 4) is 0 Å². The van der Waals surface area contributed by atoms with Gasteiger partial charge >= 0.3 is 12.0 Å². The molecule has 110 valence electrons. The van der Waals surface area contributed by atoms with E-state index in [9.17, 15) is 9.59 Å². The van der Waals surface area contributed by atoms with E-state index in [4.69, 9.17) is 9.84 Å². The van der Waals surface area contributed by atoms with Gasteiger partial charge in [0.2, 0.25) is 0 Å². The topological polar surface area (TPSA) is 78.9 Å². The molecular weight excluding hydrogens is 248 g/mol. The van der Waals surface area contributed by atoms with Gasteiger partial charge in [-0.3, -0.25) is 4.79 Å². The first-order chi connectivity index (χ1) is 8.88. The summed E-state index contributed by atoms with van der Waals surface area (Å²) in [6.45, 7) is 4.93. The highest BCUT2D eigenvalue weighted by atomic mass is 16.5. The van der Waals surface area contributed by atoms with Gasteiger partial charge in [0.05, 0.1) is 18.6 Å². The average Bonchev–Trinajstić information content (AvgIpc) is 2.31. The molecule has 1 aliphatic heterocycles. The van der Waals surface area contributed by atoms with Crippen LogP contribution in [0.5, 0.6) is 0 Å². The average molecular weight is 272 g/mol. The van der Waals surface area contributed by atoms with Crippen LogP contribution >= 0.6 is 0 Å². The smallest absolute Gasteiger partial charge is 0.317 e. The summed E-state index contributed by atoms with van der Waals surface area (Å²) in [7, 11) is 1.60. The number of urea groups is 1. The van der Waals surface area contributed by atoms with Gasteiger partial charge in [0.25, 0.3) is 0 Å². The van der Waals surface area contributed by atoms with E-state index in [-0.39, 0.29) is 31.2 Å². The van der Waals surface area contributed by atoms with Crippen molar-refractivity contribution in [3.05, 3.63) is 0 Å². The van der Waals surface area contributed by atoms with E-state index in [2.05, 4.69) is 5.32 Å². The Labute approximate surface area is 114 Å². The lowest BCUT2D eigenvalue weighted by Crippen LogP contribution is -2.42. The van der Waals surface area contributed by atoms with Crippen LogP contribution in [0.25, 0.3) is 0 Å². The van der Waals surface area contributed by atoms with E-state index in [1.807, 2.05) is 13.8 Å². The summed E-state index contributed by atoms with van der Waals surface area (Å²) in [6.07, 6.45) is 2.33. The van der Waals surface area contributed by atoms with Crippen LogP contribution in [0.1, 0.15) is 33.1 Å². The number of amides is 2. The van der Waals surface area contributed by atoms with Gasteiger partial charge in [0.1, 0.15) is 0 Å². The number of carboxylic acid groups (broad SMARTS) is 1. The Balaban J connectivity index is 2.27. The Morgan fingerprint density at radius 1 is 1.32 bits per heavy atom. The largest absolute Gasteiger partial charge is 0.481 e. The Kier molecular flexibility index (Phi) is 6.08. The second kappa shape index (κ2) is 7.33. The minimum absolute atomic E-state index is 0.0325. The SMILES string of the molecule is CC1CC(CNC(=O)N(C)CCC(=O)O)CC(C)O1. The van der Waals surface area contributed by atoms with Crippen molar-refractivity contribution in [2.45, 2.75) is 45.3 Å². The maximum absolute atomic E-state index is 11.8. The van der Waals surface area contributed by atoms with Crippen LogP contribution in [-0.2, 0) is 9.53 Å².